The fourth-order valence-electron chi connectivity index (χ4n) is 2.12. The molecule has 20 heavy (non-hydrogen) atoms. The Morgan fingerprint density at radius 1 is 1.00 bits per heavy atom. The first-order valence-corrected chi connectivity index (χ1v) is 7.22. The molecule has 0 saturated carbocycles. The van der Waals surface area contributed by atoms with Gasteiger partial charge in [0.2, 0.25) is 0 Å². The number of hydrogen-bond acceptors (Lipinski definition) is 1. The van der Waals surface area contributed by atoms with Crippen LogP contribution < -0.4 is 5.32 Å². The molecule has 0 aliphatic carbocycles. The van der Waals surface area contributed by atoms with Crippen LogP contribution in [-0.2, 0) is 6.42 Å². The van der Waals surface area contributed by atoms with Crippen LogP contribution in [0.3, 0.4) is 0 Å². The summed E-state index contributed by atoms with van der Waals surface area (Å²) in [6, 6.07) is 3.78. The summed E-state index contributed by atoms with van der Waals surface area (Å²) >= 11 is 0. The third kappa shape index (κ3) is 5.20. The maximum Gasteiger partial charge on any atom is 0.126 e. The second kappa shape index (κ2) is 6.21. The SMILES string of the molecule is CC(C)C(C)(CNC(C)(C)C)Cc1cc(F)cc(F)c1. The molecule has 0 aliphatic heterocycles. The van der Waals surface area contributed by atoms with Gasteiger partial charge in [0.05, 0.1) is 0 Å². The van der Waals surface area contributed by atoms with Crippen LogP contribution in [0.1, 0.15) is 47.1 Å². The minimum Gasteiger partial charge on any atom is -0.312 e. The number of rotatable bonds is 5. The van der Waals surface area contributed by atoms with Gasteiger partial charge in [-0.1, -0.05) is 20.8 Å². The van der Waals surface area contributed by atoms with Crippen molar-refractivity contribution in [3.05, 3.63) is 35.4 Å². The largest absolute Gasteiger partial charge is 0.312 e. The van der Waals surface area contributed by atoms with Crippen LogP contribution in [0.5, 0.6) is 0 Å². The van der Waals surface area contributed by atoms with E-state index in [1.165, 1.54) is 12.1 Å². The molecule has 0 spiro atoms. The van der Waals surface area contributed by atoms with E-state index >= 15 is 0 Å². The molecular formula is C17H27F2N. The average molecular weight is 283 g/mol. The minimum atomic E-state index is -0.505. The van der Waals surface area contributed by atoms with Crippen LogP contribution in [0.25, 0.3) is 0 Å². The Balaban J connectivity index is 2.90. The molecule has 1 aromatic carbocycles. The summed E-state index contributed by atoms with van der Waals surface area (Å²) in [4.78, 5) is 0. The van der Waals surface area contributed by atoms with Gasteiger partial charge in [-0.2, -0.15) is 0 Å². The summed E-state index contributed by atoms with van der Waals surface area (Å²) in [5.41, 5.74) is 0.700. The van der Waals surface area contributed by atoms with Crippen molar-refractivity contribution >= 4 is 0 Å². The molecule has 1 rings (SSSR count). The molecule has 1 atom stereocenters. The summed E-state index contributed by atoms with van der Waals surface area (Å²) < 4.78 is 26.6. The molecular weight excluding hydrogens is 256 g/mol. The normalized spacial score (nSPS) is 15.4. The summed E-state index contributed by atoms with van der Waals surface area (Å²) in [6.45, 7) is 13.6. The standard InChI is InChI=1S/C17H27F2N/c1-12(2)17(6,11-20-16(3,4)5)10-13-7-14(18)9-15(19)8-13/h7-9,12,20H,10-11H2,1-6H3. The second-order valence-electron chi connectivity index (χ2n) is 7.37. The van der Waals surface area contributed by atoms with Gasteiger partial charge in [-0.05, 0) is 56.2 Å². The molecule has 114 valence electrons. The molecule has 1 N–H and O–H groups in total. The van der Waals surface area contributed by atoms with Crippen molar-refractivity contribution in [1.82, 2.24) is 5.32 Å². The molecule has 0 fully saturated rings. The van der Waals surface area contributed by atoms with E-state index in [1.807, 2.05) is 0 Å². The zero-order valence-electron chi connectivity index (χ0n) is 13.5. The number of hydrogen-bond donors (Lipinski definition) is 1. The van der Waals surface area contributed by atoms with Crippen LogP contribution in [0.15, 0.2) is 18.2 Å². The van der Waals surface area contributed by atoms with E-state index in [9.17, 15) is 8.78 Å². The third-order valence-electron chi connectivity index (χ3n) is 3.95. The van der Waals surface area contributed by atoms with Crippen LogP contribution in [0.2, 0.25) is 0 Å². The highest BCUT2D eigenvalue weighted by atomic mass is 19.1. The molecule has 1 unspecified atom stereocenters. The first kappa shape index (κ1) is 17.1. The van der Waals surface area contributed by atoms with Crippen LogP contribution >= 0.6 is 0 Å². The number of nitrogens with one attached hydrogen (secondary N) is 1. The average Bonchev–Trinajstić information content (AvgIpc) is 2.23. The van der Waals surface area contributed by atoms with Gasteiger partial charge in [0.15, 0.2) is 0 Å². The molecule has 3 heteroatoms. The van der Waals surface area contributed by atoms with Crippen LogP contribution in [0.4, 0.5) is 8.78 Å². The summed E-state index contributed by atoms with van der Waals surface area (Å²) in [6.07, 6.45) is 0.655. The Morgan fingerprint density at radius 3 is 1.90 bits per heavy atom. The van der Waals surface area contributed by atoms with Crippen molar-refractivity contribution in [3.8, 4) is 0 Å². The van der Waals surface area contributed by atoms with Gasteiger partial charge in [0.25, 0.3) is 0 Å². The first-order chi connectivity index (χ1) is 9.02. The van der Waals surface area contributed by atoms with Crippen LogP contribution in [-0.4, -0.2) is 12.1 Å². The Kier molecular flexibility index (Phi) is 5.31. The Labute approximate surface area is 121 Å². The van der Waals surface area contributed by atoms with Crippen molar-refractivity contribution in [3.63, 3.8) is 0 Å². The van der Waals surface area contributed by atoms with E-state index in [-0.39, 0.29) is 11.0 Å². The summed E-state index contributed by atoms with van der Waals surface area (Å²) in [5.74, 6) is -0.603. The topological polar surface area (TPSA) is 12.0 Å². The molecule has 1 nitrogen and oxygen atoms in total. The van der Waals surface area contributed by atoms with Gasteiger partial charge >= 0.3 is 0 Å². The van der Waals surface area contributed by atoms with E-state index < -0.39 is 11.6 Å². The van der Waals surface area contributed by atoms with E-state index in [1.54, 1.807) is 0 Å². The minimum absolute atomic E-state index is 0.0311. The molecule has 0 aliphatic rings. The van der Waals surface area contributed by atoms with E-state index in [2.05, 4.69) is 46.9 Å². The predicted octanol–water partition coefficient (Wildman–Crippen LogP) is 4.56. The lowest BCUT2D eigenvalue weighted by molar-refractivity contribution is 0.187. The van der Waals surface area contributed by atoms with Gasteiger partial charge in [-0.25, -0.2) is 8.78 Å². The first-order valence-electron chi connectivity index (χ1n) is 7.22. The van der Waals surface area contributed by atoms with Gasteiger partial charge in [-0.15, -0.1) is 0 Å². The van der Waals surface area contributed by atoms with Gasteiger partial charge < -0.3 is 5.32 Å². The van der Waals surface area contributed by atoms with E-state index in [0.29, 0.717) is 12.3 Å². The smallest absolute Gasteiger partial charge is 0.126 e. The highest BCUT2D eigenvalue weighted by molar-refractivity contribution is 5.19. The lowest BCUT2D eigenvalue weighted by Gasteiger charge is -2.37. The quantitative estimate of drug-likeness (QED) is 0.835. The molecule has 0 amide bonds. The van der Waals surface area contributed by atoms with Crippen molar-refractivity contribution in [2.24, 2.45) is 11.3 Å². The fourth-order valence-corrected chi connectivity index (χ4v) is 2.12. The highest BCUT2D eigenvalue weighted by Gasteiger charge is 2.30. The van der Waals surface area contributed by atoms with Crippen LogP contribution in [0, 0.1) is 23.0 Å². The lowest BCUT2D eigenvalue weighted by atomic mass is 9.74. The van der Waals surface area contributed by atoms with Crippen molar-refractivity contribution < 1.29 is 8.78 Å². The monoisotopic (exact) mass is 283 g/mol. The van der Waals surface area contributed by atoms with Crippen molar-refractivity contribution in [2.75, 3.05) is 6.54 Å². The van der Waals surface area contributed by atoms with Gasteiger partial charge in [-0.3, -0.25) is 0 Å². The summed E-state index contributed by atoms with van der Waals surface area (Å²) in [7, 11) is 0. The Morgan fingerprint density at radius 2 is 1.50 bits per heavy atom. The van der Waals surface area contributed by atoms with Gasteiger partial charge in [0, 0.05) is 18.2 Å². The maximum absolute atomic E-state index is 13.3. The number of halogens is 2. The Bertz CT molecular complexity index is 429. The third-order valence-corrected chi connectivity index (χ3v) is 3.95. The fraction of sp³-hybridized carbons (Fsp3) is 0.647. The zero-order chi connectivity index (χ0) is 15.6. The molecule has 1 aromatic rings. The van der Waals surface area contributed by atoms with Gasteiger partial charge in [0.1, 0.15) is 11.6 Å². The highest BCUT2D eigenvalue weighted by Crippen LogP contribution is 2.31. The molecule has 0 bridgehead atoms. The molecule has 0 aromatic heterocycles. The van der Waals surface area contributed by atoms with E-state index in [0.717, 1.165) is 18.2 Å². The zero-order valence-corrected chi connectivity index (χ0v) is 13.5. The lowest BCUT2D eigenvalue weighted by Crippen LogP contribution is -2.45. The molecule has 0 saturated heterocycles. The Hall–Kier alpha value is -0.960. The molecule has 0 radical (unpaired) electrons. The number of benzene rings is 1. The van der Waals surface area contributed by atoms with Crippen molar-refractivity contribution in [2.45, 2.75) is 53.5 Å². The second-order valence-corrected chi connectivity index (χ2v) is 7.37. The van der Waals surface area contributed by atoms with Crippen molar-refractivity contribution in [1.29, 1.82) is 0 Å². The predicted molar refractivity (Wildman–Crippen MR) is 80.8 cm³/mol. The maximum atomic E-state index is 13.3. The summed E-state index contributed by atoms with van der Waals surface area (Å²) in [5, 5.41) is 3.51. The molecule has 0 heterocycles. The van der Waals surface area contributed by atoms with E-state index in [4.69, 9.17) is 0 Å².